The summed E-state index contributed by atoms with van der Waals surface area (Å²) in [6.45, 7) is 0. The number of aliphatic hydroxyl groups excluding tert-OH is 1. The summed E-state index contributed by atoms with van der Waals surface area (Å²) >= 11 is 0. The predicted octanol–water partition coefficient (Wildman–Crippen LogP) is 1.51. The van der Waals surface area contributed by atoms with Gasteiger partial charge >= 0.3 is 11.9 Å². The third-order valence-corrected chi connectivity index (χ3v) is 2.64. The van der Waals surface area contributed by atoms with Gasteiger partial charge in [-0.3, -0.25) is 14.8 Å². The first-order valence-electron chi connectivity index (χ1n) is 4.78. The van der Waals surface area contributed by atoms with Gasteiger partial charge in [0.15, 0.2) is 0 Å². The smallest absolute Gasteiger partial charge is 0.393 e. The van der Waals surface area contributed by atoms with Crippen LogP contribution in [-0.4, -0.2) is 25.9 Å². The fourth-order valence-electron chi connectivity index (χ4n) is 1.68. The molecule has 1 fully saturated rings. The number of nitro groups is 1. The highest BCUT2D eigenvalue weighted by Gasteiger charge is 2.43. The average Bonchev–Trinajstić information content (AvgIpc) is 2.56. The Morgan fingerprint density at radius 2 is 2.12 bits per heavy atom. The van der Waals surface area contributed by atoms with Crippen LogP contribution < -0.4 is 0 Å². The number of rotatable bonds is 2. The van der Waals surface area contributed by atoms with Gasteiger partial charge in [0.2, 0.25) is 5.69 Å². The van der Waals surface area contributed by atoms with Gasteiger partial charge in [0, 0.05) is 0 Å². The van der Waals surface area contributed by atoms with Crippen molar-refractivity contribution in [3.63, 3.8) is 0 Å². The van der Waals surface area contributed by atoms with E-state index < -0.39 is 34.6 Å². The Hall–Kier alpha value is -1.64. The van der Waals surface area contributed by atoms with Crippen LogP contribution in [0.15, 0.2) is 6.20 Å². The van der Waals surface area contributed by atoms with Gasteiger partial charge in [0.1, 0.15) is 6.20 Å². The van der Waals surface area contributed by atoms with Crippen molar-refractivity contribution in [1.29, 1.82) is 0 Å². The first-order chi connectivity index (χ1) is 7.79. The van der Waals surface area contributed by atoms with Crippen molar-refractivity contribution in [2.24, 2.45) is 0 Å². The monoisotopic (exact) mass is 251 g/mol. The lowest BCUT2D eigenvalue weighted by Crippen LogP contribution is -2.31. The van der Waals surface area contributed by atoms with Gasteiger partial charge in [0.25, 0.3) is 0 Å². The lowest BCUT2D eigenvalue weighted by atomic mass is 9.90. The Balaban J connectivity index is 2.35. The quantitative estimate of drug-likeness (QED) is 0.638. The lowest BCUT2D eigenvalue weighted by Gasteiger charge is -2.31. The predicted molar refractivity (Wildman–Crippen MR) is 48.2 cm³/mol. The maximum absolute atomic E-state index is 12.5. The van der Waals surface area contributed by atoms with Crippen LogP contribution in [0.2, 0.25) is 0 Å². The molecule has 94 valence electrons. The Bertz CT molecular complexity index is 451. The first kappa shape index (κ1) is 11.8. The molecule has 0 atom stereocenters. The van der Waals surface area contributed by atoms with Crippen LogP contribution in [0.5, 0.6) is 0 Å². The van der Waals surface area contributed by atoms with Gasteiger partial charge in [-0.05, 0) is 12.8 Å². The molecule has 1 heterocycles. The van der Waals surface area contributed by atoms with E-state index in [2.05, 4.69) is 5.10 Å². The highest BCUT2D eigenvalue weighted by Crippen LogP contribution is 2.38. The average molecular weight is 251 g/mol. The van der Waals surface area contributed by atoms with Crippen molar-refractivity contribution in [3.05, 3.63) is 22.0 Å². The van der Waals surface area contributed by atoms with Gasteiger partial charge in [-0.2, -0.15) is 18.3 Å². The minimum absolute atomic E-state index is 0.260. The molecule has 0 amide bonds. The standard InChI is InChI=1S/C8H8F3N3O3/c9-8(10,11)7-6(14(16)17)3-13(12-7)4-1-5(15)2-4/h3-5,15H,1-2H2/t4-,5+. The number of hydrogen-bond donors (Lipinski definition) is 1. The van der Waals surface area contributed by atoms with E-state index in [0.717, 1.165) is 10.9 Å². The van der Waals surface area contributed by atoms with E-state index in [1.165, 1.54) is 0 Å². The molecule has 1 saturated carbocycles. The Morgan fingerprint density at radius 1 is 1.53 bits per heavy atom. The molecule has 1 aliphatic carbocycles. The van der Waals surface area contributed by atoms with Crippen LogP contribution in [0.3, 0.4) is 0 Å². The minimum Gasteiger partial charge on any atom is -0.393 e. The summed E-state index contributed by atoms with van der Waals surface area (Å²) in [6.07, 6.45) is -4.14. The van der Waals surface area contributed by atoms with Gasteiger partial charge in [-0.25, -0.2) is 0 Å². The van der Waals surface area contributed by atoms with Crippen molar-refractivity contribution in [2.75, 3.05) is 0 Å². The summed E-state index contributed by atoms with van der Waals surface area (Å²) in [5.41, 5.74) is -2.55. The molecule has 0 unspecified atom stereocenters. The molecule has 6 nitrogen and oxygen atoms in total. The third-order valence-electron chi connectivity index (χ3n) is 2.64. The van der Waals surface area contributed by atoms with E-state index in [-0.39, 0.29) is 12.8 Å². The van der Waals surface area contributed by atoms with E-state index in [0.29, 0.717) is 0 Å². The highest BCUT2D eigenvalue weighted by molar-refractivity contribution is 5.35. The van der Waals surface area contributed by atoms with Crippen molar-refractivity contribution >= 4 is 5.69 Å². The van der Waals surface area contributed by atoms with Gasteiger partial charge in [-0.15, -0.1) is 0 Å². The topological polar surface area (TPSA) is 81.2 Å². The van der Waals surface area contributed by atoms with Gasteiger partial charge in [0.05, 0.1) is 17.1 Å². The maximum Gasteiger partial charge on any atom is 0.442 e. The summed E-state index contributed by atoms with van der Waals surface area (Å²) in [4.78, 5) is 9.37. The number of aliphatic hydroxyl groups is 1. The zero-order chi connectivity index (χ0) is 12.8. The fourth-order valence-corrected chi connectivity index (χ4v) is 1.68. The normalized spacial score (nSPS) is 24.5. The molecule has 0 bridgehead atoms. The molecule has 0 spiro atoms. The summed E-state index contributed by atoms with van der Waals surface area (Å²) in [5, 5.41) is 22.7. The SMILES string of the molecule is O=[N+]([O-])c1cn([C@H]2C[C@@H](O)C2)nc1C(F)(F)F. The van der Waals surface area contributed by atoms with E-state index in [1.54, 1.807) is 0 Å². The van der Waals surface area contributed by atoms with Crippen LogP contribution in [0, 0.1) is 10.1 Å². The molecule has 0 saturated heterocycles. The van der Waals surface area contributed by atoms with Crippen molar-refractivity contribution in [3.8, 4) is 0 Å². The zero-order valence-corrected chi connectivity index (χ0v) is 8.39. The molecule has 2 rings (SSSR count). The number of alkyl halides is 3. The van der Waals surface area contributed by atoms with Crippen LogP contribution >= 0.6 is 0 Å². The Labute approximate surface area is 92.8 Å². The highest BCUT2D eigenvalue weighted by atomic mass is 19.4. The molecule has 17 heavy (non-hydrogen) atoms. The second kappa shape index (κ2) is 3.69. The molecule has 1 aliphatic rings. The molecule has 0 aliphatic heterocycles. The molecule has 0 aromatic carbocycles. The lowest BCUT2D eigenvalue weighted by molar-refractivity contribution is -0.388. The first-order valence-corrected chi connectivity index (χ1v) is 4.78. The second-order valence-electron chi connectivity index (χ2n) is 3.88. The number of nitrogens with zero attached hydrogens (tertiary/aromatic N) is 3. The van der Waals surface area contributed by atoms with Crippen LogP contribution in [0.4, 0.5) is 18.9 Å². The van der Waals surface area contributed by atoms with Gasteiger partial charge < -0.3 is 5.11 Å². The summed E-state index contributed by atoms with van der Waals surface area (Å²) in [5.74, 6) is 0. The van der Waals surface area contributed by atoms with Crippen molar-refractivity contribution in [2.45, 2.75) is 31.2 Å². The number of hydrogen-bond acceptors (Lipinski definition) is 4. The summed E-state index contributed by atoms with van der Waals surface area (Å²) in [6, 6.07) is -0.403. The van der Waals surface area contributed by atoms with E-state index in [4.69, 9.17) is 5.11 Å². The number of halogens is 3. The molecular weight excluding hydrogens is 243 g/mol. The second-order valence-corrected chi connectivity index (χ2v) is 3.88. The van der Waals surface area contributed by atoms with Crippen LogP contribution in [0.1, 0.15) is 24.6 Å². The Morgan fingerprint density at radius 3 is 2.47 bits per heavy atom. The van der Waals surface area contributed by atoms with Crippen molar-refractivity contribution < 1.29 is 23.2 Å². The maximum atomic E-state index is 12.5. The minimum atomic E-state index is -4.85. The zero-order valence-electron chi connectivity index (χ0n) is 8.39. The summed E-state index contributed by atoms with van der Waals surface area (Å²) < 4.78 is 38.3. The molecular formula is C8H8F3N3O3. The Kier molecular flexibility index (Phi) is 2.57. The largest absolute Gasteiger partial charge is 0.442 e. The molecule has 1 aromatic heterocycles. The molecule has 1 N–H and O–H groups in total. The van der Waals surface area contributed by atoms with Crippen LogP contribution in [0.25, 0.3) is 0 Å². The molecule has 0 radical (unpaired) electrons. The summed E-state index contributed by atoms with van der Waals surface area (Å²) in [7, 11) is 0. The van der Waals surface area contributed by atoms with E-state index in [1.807, 2.05) is 0 Å². The van der Waals surface area contributed by atoms with Gasteiger partial charge in [-0.1, -0.05) is 0 Å². The molecule has 1 aromatic rings. The van der Waals surface area contributed by atoms with Crippen LogP contribution in [-0.2, 0) is 6.18 Å². The van der Waals surface area contributed by atoms with Crippen molar-refractivity contribution in [1.82, 2.24) is 9.78 Å². The van der Waals surface area contributed by atoms with E-state index in [9.17, 15) is 23.3 Å². The third kappa shape index (κ3) is 2.09. The molecule has 9 heteroatoms. The van der Waals surface area contributed by atoms with E-state index >= 15 is 0 Å². The fraction of sp³-hybridized carbons (Fsp3) is 0.625. The number of aromatic nitrogens is 2.